The third-order valence-corrected chi connectivity index (χ3v) is 4.85. The van der Waals surface area contributed by atoms with Gasteiger partial charge in [0.15, 0.2) is 9.84 Å². The second-order valence-electron chi connectivity index (χ2n) is 4.65. The molecule has 0 bridgehead atoms. The zero-order valence-electron chi connectivity index (χ0n) is 10.8. The Kier molecular flexibility index (Phi) is 4.56. The van der Waals surface area contributed by atoms with Crippen LogP contribution in [0.5, 0.6) is 5.75 Å². The molecule has 0 radical (unpaired) electrons. The van der Waals surface area contributed by atoms with E-state index in [9.17, 15) is 18.5 Å². The summed E-state index contributed by atoms with van der Waals surface area (Å²) >= 11 is 0. The minimum atomic E-state index is -2.86. The Morgan fingerprint density at radius 3 is 2.60 bits per heavy atom. The second kappa shape index (κ2) is 6.19. The number of nitro groups is 1. The van der Waals surface area contributed by atoms with E-state index in [-0.39, 0.29) is 23.2 Å². The number of benzene rings is 1. The topological polar surface area (TPSA) is 98.5 Å². The van der Waals surface area contributed by atoms with Crippen LogP contribution in [0.25, 0.3) is 0 Å². The lowest BCUT2D eigenvalue weighted by atomic mass is 10.3. The predicted octanol–water partition coefficient (Wildman–Crippen LogP) is 0.750. The molecule has 1 aromatic carbocycles. The number of sulfone groups is 1. The third kappa shape index (κ3) is 4.17. The van der Waals surface area contributed by atoms with Gasteiger partial charge in [-0.25, -0.2) is 8.42 Å². The SMILES string of the molecule is O=[N+]([O-])c1ccc(OCCNC2CCS(=O)(=O)C2)cc1. The van der Waals surface area contributed by atoms with Crippen LogP contribution < -0.4 is 10.1 Å². The summed E-state index contributed by atoms with van der Waals surface area (Å²) in [5.74, 6) is 0.981. The molecule has 1 unspecified atom stereocenters. The van der Waals surface area contributed by atoms with Gasteiger partial charge < -0.3 is 10.1 Å². The summed E-state index contributed by atoms with van der Waals surface area (Å²) in [5, 5.41) is 13.6. The first kappa shape index (κ1) is 14.7. The van der Waals surface area contributed by atoms with E-state index in [1.807, 2.05) is 0 Å². The van der Waals surface area contributed by atoms with Crippen molar-refractivity contribution >= 4 is 15.5 Å². The third-order valence-electron chi connectivity index (χ3n) is 3.08. The van der Waals surface area contributed by atoms with Gasteiger partial charge >= 0.3 is 0 Å². The van der Waals surface area contributed by atoms with Crippen molar-refractivity contribution in [1.82, 2.24) is 5.32 Å². The molecule has 1 heterocycles. The standard InChI is InChI=1S/C12H16N2O5S/c15-14(16)11-1-3-12(4-2-11)19-7-6-13-10-5-8-20(17,18)9-10/h1-4,10,13H,5-9H2. The lowest BCUT2D eigenvalue weighted by molar-refractivity contribution is -0.384. The number of nitrogens with zero attached hydrogens (tertiary/aromatic N) is 1. The van der Waals surface area contributed by atoms with Gasteiger partial charge in [-0.15, -0.1) is 0 Å². The zero-order valence-corrected chi connectivity index (χ0v) is 11.6. The van der Waals surface area contributed by atoms with E-state index >= 15 is 0 Å². The van der Waals surface area contributed by atoms with Gasteiger partial charge in [0.05, 0.1) is 16.4 Å². The molecule has 1 saturated heterocycles. The maximum absolute atomic E-state index is 11.3. The number of hydrogen-bond donors (Lipinski definition) is 1. The first-order valence-electron chi connectivity index (χ1n) is 6.27. The molecule has 0 aromatic heterocycles. The van der Waals surface area contributed by atoms with E-state index in [4.69, 9.17) is 4.74 Å². The van der Waals surface area contributed by atoms with Gasteiger partial charge in [0.2, 0.25) is 0 Å². The van der Waals surface area contributed by atoms with Crippen molar-refractivity contribution in [3.8, 4) is 5.75 Å². The Morgan fingerprint density at radius 1 is 1.35 bits per heavy atom. The van der Waals surface area contributed by atoms with Crippen molar-refractivity contribution in [3.05, 3.63) is 34.4 Å². The van der Waals surface area contributed by atoms with E-state index in [0.717, 1.165) is 0 Å². The molecule has 1 N–H and O–H groups in total. The number of ether oxygens (including phenoxy) is 1. The maximum atomic E-state index is 11.3. The van der Waals surface area contributed by atoms with Gasteiger partial charge in [0.1, 0.15) is 12.4 Å². The van der Waals surface area contributed by atoms with Crippen molar-refractivity contribution in [3.63, 3.8) is 0 Å². The Morgan fingerprint density at radius 2 is 2.05 bits per heavy atom. The van der Waals surface area contributed by atoms with Crippen molar-refractivity contribution in [2.75, 3.05) is 24.7 Å². The molecule has 1 aliphatic heterocycles. The smallest absolute Gasteiger partial charge is 0.269 e. The fourth-order valence-corrected chi connectivity index (χ4v) is 3.76. The molecule has 0 saturated carbocycles. The molecule has 1 atom stereocenters. The molecule has 0 spiro atoms. The highest BCUT2D eigenvalue weighted by Crippen LogP contribution is 2.17. The largest absolute Gasteiger partial charge is 0.492 e. The minimum Gasteiger partial charge on any atom is -0.492 e. The molecule has 110 valence electrons. The van der Waals surface area contributed by atoms with Gasteiger partial charge in [0, 0.05) is 24.7 Å². The summed E-state index contributed by atoms with van der Waals surface area (Å²) in [4.78, 5) is 10.0. The first-order chi connectivity index (χ1) is 9.46. The molecule has 8 heteroatoms. The van der Waals surface area contributed by atoms with Crippen LogP contribution in [0.1, 0.15) is 6.42 Å². The molecule has 1 aliphatic rings. The van der Waals surface area contributed by atoms with Gasteiger partial charge in [-0.1, -0.05) is 0 Å². The first-order valence-corrected chi connectivity index (χ1v) is 8.09. The summed E-state index contributed by atoms with van der Waals surface area (Å²) in [6.07, 6.45) is 0.639. The average molecular weight is 300 g/mol. The predicted molar refractivity (Wildman–Crippen MR) is 73.7 cm³/mol. The highest BCUT2D eigenvalue weighted by molar-refractivity contribution is 7.91. The monoisotopic (exact) mass is 300 g/mol. The zero-order chi connectivity index (χ0) is 14.6. The van der Waals surface area contributed by atoms with Crippen LogP contribution in [-0.4, -0.2) is 44.0 Å². The highest BCUT2D eigenvalue weighted by Gasteiger charge is 2.26. The number of nitro benzene ring substituents is 1. The summed E-state index contributed by atoms with van der Waals surface area (Å²) in [5.41, 5.74) is 0.0200. The Bertz CT molecular complexity index is 570. The molecule has 7 nitrogen and oxygen atoms in total. The molecular weight excluding hydrogens is 284 g/mol. The molecule has 1 aromatic rings. The number of nitrogens with one attached hydrogen (secondary N) is 1. The Balaban J connectivity index is 1.70. The molecule has 1 fully saturated rings. The fourth-order valence-electron chi connectivity index (χ4n) is 2.05. The van der Waals surface area contributed by atoms with Crippen LogP contribution in [0.15, 0.2) is 24.3 Å². The summed E-state index contributed by atoms with van der Waals surface area (Å²) in [6, 6.07) is 5.84. The molecule has 0 aliphatic carbocycles. The van der Waals surface area contributed by atoms with Crippen LogP contribution >= 0.6 is 0 Å². The number of non-ortho nitro benzene ring substituents is 1. The van der Waals surface area contributed by atoms with Crippen molar-refractivity contribution in [1.29, 1.82) is 0 Å². The molecule has 0 amide bonds. The van der Waals surface area contributed by atoms with E-state index in [0.29, 0.717) is 25.3 Å². The van der Waals surface area contributed by atoms with E-state index in [1.165, 1.54) is 24.3 Å². The van der Waals surface area contributed by atoms with Crippen molar-refractivity contribution in [2.45, 2.75) is 12.5 Å². The van der Waals surface area contributed by atoms with Gasteiger partial charge in [-0.3, -0.25) is 10.1 Å². The summed E-state index contributed by atoms with van der Waals surface area (Å²) in [6.45, 7) is 0.922. The van der Waals surface area contributed by atoms with Crippen LogP contribution in [0, 0.1) is 10.1 Å². The Labute approximate surface area is 117 Å². The van der Waals surface area contributed by atoms with Crippen molar-refractivity contribution in [2.24, 2.45) is 0 Å². The molecular formula is C12H16N2O5S. The van der Waals surface area contributed by atoms with Crippen LogP contribution in [0.3, 0.4) is 0 Å². The van der Waals surface area contributed by atoms with Gasteiger partial charge in [-0.2, -0.15) is 0 Å². The van der Waals surface area contributed by atoms with Crippen LogP contribution in [0.2, 0.25) is 0 Å². The second-order valence-corrected chi connectivity index (χ2v) is 6.88. The lowest BCUT2D eigenvalue weighted by Crippen LogP contribution is -2.33. The van der Waals surface area contributed by atoms with E-state index in [1.54, 1.807) is 0 Å². The van der Waals surface area contributed by atoms with Gasteiger partial charge in [0.25, 0.3) is 5.69 Å². The normalized spacial score (nSPS) is 20.7. The van der Waals surface area contributed by atoms with Crippen LogP contribution in [0.4, 0.5) is 5.69 Å². The van der Waals surface area contributed by atoms with E-state index < -0.39 is 14.8 Å². The fraction of sp³-hybridized carbons (Fsp3) is 0.500. The van der Waals surface area contributed by atoms with Gasteiger partial charge in [-0.05, 0) is 18.6 Å². The number of hydrogen-bond acceptors (Lipinski definition) is 6. The highest BCUT2D eigenvalue weighted by atomic mass is 32.2. The minimum absolute atomic E-state index is 0.000427. The van der Waals surface area contributed by atoms with Crippen LogP contribution in [-0.2, 0) is 9.84 Å². The Hall–Kier alpha value is -1.67. The quantitative estimate of drug-likeness (QED) is 0.473. The van der Waals surface area contributed by atoms with Crippen molar-refractivity contribution < 1.29 is 18.1 Å². The van der Waals surface area contributed by atoms with E-state index in [2.05, 4.69) is 5.32 Å². The summed E-state index contributed by atoms with van der Waals surface area (Å²) < 4.78 is 27.9. The maximum Gasteiger partial charge on any atom is 0.269 e. The molecule has 20 heavy (non-hydrogen) atoms. The lowest BCUT2D eigenvalue weighted by Gasteiger charge is -2.11. The molecule has 2 rings (SSSR count). The summed E-state index contributed by atoms with van der Waals surface area (Å²) in [7, 11) is -2.86. The number of rotatable bonds is 6. The average Bonchev–Trinajstić information content (AvgIpc) is 2.75.